The van der Waals surface area contributed by atoms with E-state index in [0.717, 1.165) is 5.56 Å². The van der Waals surface area contributed by atoms with E-state index in [0.29, 0.717) is 17.9 Å². The molecule has 0 aliphatic carbocycles. The van der Waals surface area contributed by atoms with Gasteiger partial charge in [-0.05, 0) is 30.0 Å². The monoisotopic (exact) mass is 271 g/mol. The predicted molar refractivity (Wildman–Crippen MR) is 73.5 cm³/mol. The fourth-order valence-electron chi connectivity index (χ4n) is 2.28. The summed E-state index contributed by atoms with van der Waals surface area (Å²) in [7, 11) is 0. The molecular formula is C15H17N3O2. The molecule has 1 atom stereocenters. The topological polar surface area (TPSA) is 73.2 Å². The number of carbonyl (C=O) groups excluding carboxylic acids is 2. The van der Waals surface area contributed by atoms with Crippen LogP contribution in [0.3, 0.4) is 0 Å². The summed E-state index contributed by atoms with van der Waals surface area (Å²) in [5.41, 5.74) is 1.30. The summed E-state index contributed by atoms with van der Waals surface area (Å²) in [6.45, 7) is 4.23. The highest BCUT2D eigenvalue weighted by molar-refractivity contribution is 6.04. The molecule has 3 amide bonds. The lowest BCUT2D eigenvalue weighted by Crippen LogP contribution is -2.31. The Morgan fingerprint density at radius 3 is 2.80 bits per heavy atom. The molecule has 0 radical (unpaired) electrons. The van der Waals surface area contributed by atoms with Crippen LogP contribution in [0.4, 0.5) is 4.79 Å². The molecule has 1 heterocycles. The maximum absolute atomic E-state index is 12.2. The molecule has 1 saturated heterocycles. The number of benzene rings is 1. The maximum Gasteiger partial charge on any atom is 0.325 e. The van der Waals surface area contributed by atoms with Crippen LogP contribution in [0.25, 0.3) is 0 Å². The standard InChI is InChI=1S/C15H17N3O2/c1-10(2)6-13-14(19)18(15(20)17-13)9-12-5-3-4-11(7-12)8-16/h3-5,7,10,13H,6,9H2,1-2H3,(H,17,20)/t13-/m0/s1. The van der Waals surface area contributed by atoms with Gasteiger partial charge in [0, 0.05) is 0 Å². The second-order valence-corrected chi connectivity index (χ2v) is 5.37. The molecule has 104 valence electrons. The Morgan fingerprint density at radius 1 is 1.40 bits per heavy atom. The van der Waals surface area contributed by atoms with E-state index < -0.39 is 6.04 Å². The molecule has 1 aromatic rings. The fourth-order valence-corrected chi connectivity index (χ4v) is 2.28. The third-order valence-electron chi connectivity index (χ3n) is 3.21. The minimum absolute atomic E-state index is 0.189. The van der Waals surface area contributed by atoms with Crippen molar-refractivity contribution in [2.24, 2.45) is 5.92 Å². The van der Waals surface area contributed by atoms with Crippen molar-refractivity contribution >= 4 is 11.9 Å². The number of urea groups is 1. The highest BCUT2D eigenvalue weighted by atomic mass is 16.2. The Morgan fingerprint density at radius 2 is 2.15 bits per heavy atom. The van der Waals surface area contributed by atoms with Gasteiger partial charge in [0.1, 0.15) is 6.04 Å². The van der Waals surface area contributed by atoms with E-state index >= 15 is 0 Å². The summed E-state index contributed by atoms with van der Waals surface area (Å²) >= 11 is 0. The second kappa shape index (κ2) is 5.74. The Kier molecular flexibility index (Phi) is 4.04. The quantitative estimate of drug-likeness (QED) is 0.851. The third kappa shape index (κ3) is 2.97. The largest absolute Gasteiger partial charge is 0.326 e. The molecule has 5 heteroatoms. The molecule has 1 N–H and O–H groups in total. The number of imide groups is 1. The number of nitrogens with one attached hydrogen (secondary N) is 1. The van der Waals surface area contributed by atoms with E-state index in [-0.39, 0.29) is 18.5 Å². The van der Waals surface area contributed by atoms with Crippen molar-refractivity contribution in [3.63, 3.8) is 0 Å². The van der Waals surface area contributed by atoms with Gasteiger partial charge >= 0.3 is 6.03 Å². The van der Waals surface area contributed by atoms with Gasteiger partial charge in [-0.2, -0.15) is 5.26 Å². The average Bonchev–Trinajstić information content (AvgIpc) is 2.66. The Labute approximate surface area is 118 Å². The molecule has 1 aliphatic heterocycles. The second-order valence-electron chi connectivity index (χ2n) is 5.37. The van der Waals surface area contributed by atoms with Gasteiger partial charge < -0.3 is 5.32 Å². The van der Waals surface area contributed by atoms with Crippen LogP contribution in [0.1, 0.15) is 31.4 Å². The lowest BCUT2D eigenvalue weighted by molar-refractivity contribution is -0.128. The van der Waals surface area contributed by atoms with E-state index in [4.69, 9.17) is 5.26 Å². The number of amides is 3. The molecule has 1 aliphatic rings. The lowest BCUT2D eigenvalue weighted by atomic mass is 10.0. The Balaban J connectivity index is 2.11. The van der Waals surface area contributed by atoms with Crippen LogP contribution in [0, 0.1) is 17.2 Å². The Bertz CT molecular complexity index is 575. The van der Waals surface area contributed by atoms with Crippen LogP contribution in [-0.2, 0) is 11.3 Å². The van der Waals surface area contributed by atoms with Crippen LogP contribution in [0.5, 0.6) is 0 Å². The molecule has 0 saturated carbocycles. The van der Waals surface area contributed by atoms with Crippen molar-refractivity contribution in [1.29, 1.82) is 5.26 Å². The van der Waals surface area contributed by atoms with Gasteiger partial charge in [0.15, 0.2) is 0 Å². The highest BCUT2D eigenvalue weighted by Gasteiger charge is 2.37. The van der Waals surface area contributed by atoms with Crippen molar-refractivity contribution in [3.8, 4) is 6.07 Å². The fraction of sp³-hybridized carbons (Fsp3) is 0.400. The first-order valence-corrected chi connectivity index (χ1v) is 6.62. The van der Waals surface area contributed by atoms with Gasteiger partial charge in [-0.1, -0.05) is 26.0 Å². The minimum Gasteiger partial charge on any atom is -0.326 e. The smallest absolute Gasteiger partial charge is 0.325 e. The molecule has 0 unspecified atom stereocenters. The van der Waals surface area contributed by atoms with Crippen LogP contribution >= 0.6 is 0 Å². The SMILES string of the molecule is CC(C)C[C@@H]1NC(=O)N(Cc2cccc(C#N)c2)C1=O. The molecule has 0 spiro atoms. The average molecular weight is 271 g/mol. The van der Waals surface area contributed by atoms with Crippen molar-refractivity contribution in [2.45, 2.75) is 32.9 Å². The molecule has 1 aromatic carbocycles. The summed E-state index contributed by atoms with van der Waals surface area (Å²) in [4.78, 5) is 25.3. The van der Waals surface area contributed by atoms with Gasteiger partial charge in [-0.3, -0.25) is 9.69 Å². The van der Waals surface area contributed by atoms with Gasteiger partial charge in [0.2, 0.25) is 0 Å². The number of carbonyl (C=O) groups is 2. The molecule has 0 bridgehead atoms. The molecule has 5 nitrogen and oxygen atoms in total. The van der Waals surface area contributed by atoms with Crippen LogP contribution in [0.2, 0.25) is 0 Å². The molecule has 0 aromatic heterocycles. The van der Waals surface area contributed by atoms with E-state index in [1.54, 1.807) is 24.3 Å². The van der Waals surface area contributed by atoms with Crippen molar-refractivity contribution in [1.82, 2.24) is 10.2 Å². The van der Waals surface area contributed by atoms with Gasteiger partial charge in [0.25, 0.3) is 5.91 Å². The zero-order chi connectivity index (χ0) is 14.7. The van der Waals surface area contributed by atoms with E-state index in [1.165, 1.54) is 4.90 Å². The zero-order valence-electron chi connectivity index (χ0n) is 11.6. The molecule has 2 rings (SSSR count). The van der Waals surface area contributed by atoms with Crippen LogP contribution in [-0.4, -0.2) is 22.9 Å². The normalized spacial score (nSPS) is 18.3. The zero-order valence-corrected chi connectivity index (χ0v) is 11.6. The number of nitriles is 1. The van der Waals surface area contributed by atoms with Crippen LogP contribution < -0.4 is 5.32 Å². The van der Waals surface area contributed by atoms with Gasteiger partial charge in [0.05, 0.1) is 18.2 Å². The first kappa shape index (κ1) is 14.1. The first-order valence-electron chi connectivity index (χ1n) is 6.62. The summed E-state index contributed by atoms with van der Waals surface area (Å²) in [5, 5.41) is 11.6. The number of hydrogen-bond donors (Lipinski definition) is 1. The van der Waals surface area contributed by atoms with Gasteiger partial charge in [-0.25, -0.2) is 4.79 Å². The van der Waals surface area contributed by atoms with Crippen molar-refractivity contribution in [3.05, 3.63) is 35.4 Å². The molecule has 1 fully saturated rings. The number of nitrogens with zero attached hydrogens (tertiary/aromatic N) is 2. The Hall–Kier alpha value is -2.35. The minimum atomic E-state index is -0.429. The summed E-state index contributed by atoms with van der Waals surface area (Å²) < 4.78 is 0. The van der Waals surface area contributed by atoms with Crippen molar-refractivity contribution < 1.29 is 9.59 Å². The first-order chi connectivity index (χ1) is 9.51. The van der Waals surface area contributed by atoms with Crippen molar-refractivity contribution in [2.75, 3.05) is 0 Å². The number of rotatable bonds is 4. The number of hydrogen-bond acceptors (Lipinski definition) is 3. The van der Waals surface area contributed by atoms with E-state index in [2.05, 4.69) is 5.32 Å². The van der Waals surface area contributed by atoms with Crippen LogP contribution in [0.15, 0.2) is 24.3 Å². The molecule has 20 heavy (non-hydrogen) atoms. The van der Waals surface area contributed by atoms with E-state index in [9.17, 15) is 9.59 Å². The third-order valence-corrected chi connectivity index (χ3v) is 3.21. The highest BCUT2D eigenvalue weighted by Crippen LogP contribution is 2.17. The predicted octanol–water partition coefficient (Wildman–Crippen LogP) is 2.02. The van der Waals surface area contributed by atoms with Gasteiger partial charge in [-0.15, -0.1) is 0 Å². The summed E-state index contributed by atoms with van der Waals surface area (Å²) in [6, 6.07) is 8.19. The van der Waals surface area contributed by atoms with E-state index in [1.807, 2.05) is 19.9 Å². The molecular weight excluding hydrogens is 254 g/mol. The lowest BCUT2D eigenvalue weighted by Gasteiger charge is -2.14. The summed E-state index contributed by atoms with van der Waals surface area (Å²) in [6.07, 6.45) is 0.638. The summed E-state index contributed by atoms with van der Waals surface area (Å²) in [5.74, 6) is 0.150. The maximum atomic E-state index is 12.2.